The summed E-state index contributed by atoms with van der Waals surface area (Å²) in [7, 11) is 0. The van der Waals surface area contributed by atoms with Crippen molar-refractivity contribution >= 4 is 17.2 Å². The van der Waals surface area contributed by atoms with Crippen molar-refractivity contribution in [2.75, 3.05) is 5.32 Å². The highest BCUT2D eigenvalue weighted by Gasteiger charge is 2.05. The molecule has 2 rings (SSSR count). The van der Waals surface area contributed by atoms with E-state index in [-0.39, 0.29) is 6.04 Å². The van der Waals surface area contributed by atoms with Gasteiger partial charge in [-0.25, -0.2) is 4.98 Å². The van der Waals surface area contributed by atoms with Crippen LogP contribution >= 0.6 is 11.3 Å². The SMILES string of the molecule is CC(Nc1cnccn1)c1cccs1. The second-order valence-corrected chi connectivity index (χ2v) is 3.95. The lowest BCUT2D eigenvalue weighted by Gasteiger charge is -2.11. The fraction of sp³-hybridized carbons (Fsp3) is 0.200. The molecule has 0 aliphatic rings. The van der Waals surface area contributed by atoms with Gasteiger partial charge in [-0.15, -0.1) is 11.3 Å². The van der Waals surface area contributed by atoms with Crippen LogP contribution in [-0.2, 0) is 0 Å². The fourth-order valence-electron chi connectivity index (χ4n) is 1.20. The van der Waals surface area contributed by atoms with E-state index in [4.69, 9.17) is 0 Å². The van der Waals surface area contributed by atoms with E-state index >= 15 is 0 Å². The summed E-state index contributed by atoms with van der Waals surface area (Å²) >= 11 is 1.74. The summed E-state index contributed by atoms with van der Waals surface area (Å²) in [6.45, 7) is 2.11. The summed E-state index contributed by atoms with van der Waals surface area (Å²) < 4.78 is 0. The number of thiophene rings is 1. The largest absolute Gasteiger partial charge is 0.361 e. The van der Waals surface area contributed by atoms with Gasteiger partial charge in [0.2, 0.25) is 0 Å². The molecule has 2 aromatic rings. The van der Waals surface area contributed by atoms with Crippen LogP contribution < -0.4 is 5.32 Å². The molecule has 1 unspecified atom stereocenters. The Kier molecular flexibility index (Phi) is 2.74. The first-order chi connectivity index (χ1) is 6.86. The molecule has 4 heteroatoms. The molecule has 0 radical (unpaired) electrons. The molecule has 0 saturated carbocycles. The molecule has 0 saturated heterocycles. The van der Waals surface area contributed by atoms with E-state index in [1.165, 1.54) is 4.88 Å². The van der Waals surface area contributed by atoms with Crippen molar-refractivity contribution in [1.82, 2.24) is 9.97 Å². The Labute approximate surface area is 86.8 Å². The average molecular weight is 205 g/mol. The zero-order chi connectivity index (χ0) is 9.80. The van der Waals surface area contributed by atoms with Gasteiger partial charge in [-0.2, -0.15) is 0 Å². The minimum atomic E-state index is 0.284. The van der Waals surface area contributed by atoms with Gasteiger partial charge in [0.15, 0.2) is 0 Å². The van der Waals surface area contributed by atoms with E-state index in [0.717, 1.165) is 5.82 Å². The van der Waals surface area contributed by atoms with Crippen molar-refractivity contribution in [2.45, 2.75) is 13.0 Å². The lowest BCUT2D eigenvalue weighted by molar-refractivity contribution is 0.892. The van der Waals surface area contributed by atoms with E-state index in [2.05, 4.69) is 39.7 Å². The monoisotopic (exact) mass is 205 g/mol. The zero-order valence-corrected chi connectivity index (χ0v) is 8.66. The molecule has 2 aromatic heterocycles. The smallest absolute Gasteiger partial charge is 0.144 e. The molecule has 0 spiro atoms. The maximum absolute atomic E-state index is 4.16. The Morgan fingerprint density at radius 3 is 3.00 bits per heavy atom. The van der Waals surface area contributed by atoms with E-state index in [1.54, 1.807) is 29.9 Å². The van der Waals surface area contributed by atoms with Gasteiger partial charge in [0.25, 0.3) is 0 Å². The summed E-state index contributed by atoms with van der Waals surface area (Å²) in [5.74, 6) is 0.813. The molecule has 0 aliphatic heterocycles. The topological polar surface area (TPSA) is 37.8 Å². The van der Waals surface area contributed by atoms with Crippen LogP contribution in [0, 0.1) is 0 Å². The first kappa shape index (κ1) is 9.15. The lowest BCUT2D eigenvalue weighted by Crippen LogP contribution is -2.06. The van der Waals surface area contributed by atoms with Gasteiger partial charge in [-0.3, -0.25) is 4.98 Å². The predicted octanol–water partition coefficient (Wildman–Crippen LogP) is 2.71. The summed E-state index contributed by atoms with van der Waals surface area (Å²) in [4.78, 5) is 9.46. The number of hydrogen-bond donors (Lipinski definition) is 1. The van der Waals surface area contributed by atoms with Crippen molar-refractivity contribution in [3.8, 4) is 0 Å². The van der Waals surface area contributed by atoms with Gasteiger partial charge < -0.3 is 5.32 Å². The normalized spacial score (nSPS) is 12.4. The summed E-state index contributed by atoms with van der Waals surface area (Å²) in [5, 5.41) is 5.35. The maximum Gasteiger partial charge on any atom is 0.144 e. The van der Waals surface area contributed by atoms with Crippen molar-refractivity contribution in [3.05, 3.63) is 41.0 Å². The zero-order valence-electron chi connectivity index (χ0n) is 7.84. The van der Waals surface area contributed by atoms with Crippen LogP contribution in [0.3, 0.4) is 0 Å². The van der Waals surface area contributed by atoms with Gasteiger partial charge in [0, 0.05) is 17.3 Å². The van der Waals surface area contributed by atoms with Crippen LogP contribution in [0.25, 0.3) is 0 Å². The molecule has 2 heterocycles. The predicted molar refractivity (Wildman–Crippen MR) is 58.4 cm³/mol. The number of rotatable bonds is 3. The highest BCUT2D eigenvalue weighted by atomic mass is 32.1. The number of nitrogens with one attached hydrogen (secondary N) is 1. The van der Waals surface area contributed by atoms with E-state index in [9.17, 15) is 0 Å². The molecular weight excluding hydrogens is 194 g/mol. The number of anilines is 1. The summed E-state index contributed by atoms with van der Waals surface area (Å²) in [6.07, 6.45) is 5.08. The molecule has 72 valence electrons. The quantitative estimate of drug-likeness (QED) is 0.837. The highest BCUT2D eigenvalue weighted by molar-refractivity contribution is 7.10. The fourth-order valence-corrected chi connectivity index (χ4v) is 1.94. The van der Waals surface area contributed by atoms with Crippen molar-refractivity contribution in [1.29, 1.82) is 0 Å². The van der Waals surface area contributed by atoms with Crippen LogP contribution in [0.15, 0.2) is 36.1 Å². The van der Waals surface area contributed by atoms with Gasteiger partial charge in [0.1, 0.15) is 5.82 Å². The molecule has 0 amide bonds. The lowest BCUT2D eigenvalue weighted by atomic mass is 10.3. The third-order valence-electron chi connectivity index (χ3n) is 1.90. The van der Waals surface area contributed by atoms with Gasteiger partial charge in [-0.1, -0.05) is 6.07 Å². The van der Waals surface area contributed by atoms with Crippen LogP contribution in [0.4, 0.5) is 5.82 Å². The molecule has 0 fully saturated rings. The average Bonchev–Trinajstić information content (AvgIpc) is 2.72. The molecule has 1 atom stereocenters. The van der Waals surface area contributed by atoms with Crippen molar-refractivity contribution in [2.24, 2.45) is 0 Å². The van der Waals surface area contributed by atoms with E-state index in [1.807, 2.05) is 0 Å². The second-order valence-electron chi connectivity index (χ2n) is 2.97. The van der Waals surface area contributed by atoms with Crippen molar-refractivity contribution in [3.63, 3.8) is 0 Å². The van der Waals surface area contributed by atoms with E-state index < -0.39 is 0 Å². The molecule has 0 aliphatic carbocycles. The van der Waals surface area contributed by atoms with Crippen LogP contribution in [-0.4, -0.2) is 9.97 Å². The standard InChI is InChI=1S/C10H11N3S/c1-8(9-3-2-6-14-9)13-10-7-11-4-5-12-10/h2-8H,1H3,(H,12,13). The summed E-state index contributed by atoms with van der Waals surface area (Å²) in [6, 6.07) is 4.44. The van der Waals surface area contributed by atoms with Gasteiger partial charge >= 0.3 is 0 Å². The molecular formula is C10H11N3S. The number of hydrogen-bond acceptors (Lipinski definition) is 4. The molecule has 0 aromatic carbocycles. The molecule has 3 nitrogen and oxygen atoms in total. The van der Waals surface area contributed by atoms with Gasteiger partial charge in [-0.05, 0) is 18.4 Å². The van der Waals surface area contributed by atoms with E-state index in [0.29, 0.717) is 0 Å². The number of aromatic nitrogens is 2. The molecule has 1 N–H and O–H groups in total. The van der Waals surface area contributed by atoms with Crippen LogP contribution in [0.2, 0.25) is 0 Å². The van der Waals surface area contributed by atoms with Gasteiger partial charge in [0.05, 0.1) is 12.2 Å². The Morgan fingerprint density at radius 1 is 1.43 bits per heavy atom. The third kappa shape index (κ3) is 2.09. The first-order valence-corrected chi connectivity index (χ1v) is 5.30. The second kappa shape index (κ2) is 4.19. The maximum atomic E-state index is 4.16. The highest BCUT2D eigenvalue weighted by Crippen LogP contribution is 2.21. The molecule has 0 bridgehead atoms. The first-order valence-electron chi connectivity index (χ1n) is 4.42. The number of nitrogens with zero attached hydrogens (tertiary/aromatic N) is 2. The summed E-state index contributed by atoms with van der Waals surface area (Å²) in [5.41, 5.74) is 0. The van der Waals surface area contributed by atoms with Crippen LogP contribution in [0.1, 0.15) is 17.8 Å². The Hall–Kier alpha value is -1.42. The Balaban J connectivity index is 2.06. The Bertz CT molecular complexity index is 372. The Morgan fingerprint density at radius 2 is 2.36 bits per heavy atom. The van der Waals surface area contributed by atoms with Crippen LogP contribution in [0.5, 0.6) is 0 Å². The minimum Gasteiger partial charge on any atom is -0.361 e. The van der Waals surface area contributed by atoms with Crippen molar-refractivity contribution < 1.29 is 0 Å². The minimum absolute atomic E-state index is 0.284. The third-order valence-corrected chi connectivity index (χ3v) is 2.95. The molecule has 14 heavy (non-hydrogen) atoms.